The molecule has 29 heavy (non-hydrogen) atoms. The Morgan fingerprint density at radius 1 is 1.10 bits per heavy atom. The fourth-order valence-electron chi connectivity index (χ4n) is 3.03. The van der Waals surface area contributed by atoms with Gasteiger partial charge >= 0.3 is 0 Å². The average Bonchev–Trinajstić information content (AvgIpc) is 2.72. The van der Waals surface area contributed by atoms with Gasteiger partial charge in [-0.15, -0.1) is 0 Å². The Morgan fingerprint density at radius 3 is 2.41 bits per heavy atom. The largest absolute Gasteiger partial charge is 0.484 e. The van der Waals surface area contributed by atoms with Crippen molar-refractivity contribution in [2.24, 2.45) is 0 Å². The van der Waals surface area contributed by atoms with Gasteiger partial charge in [-0.3, -0.25) is 9.59 Å². The fraction of sp³-hybridized carbons (Fsp3) is 0.333. The van der Waals surface area contributed by atoms with Gasteiger partial charge in [-0.05, 0) is 55.3 Å². The van der Waals surface area contributed by atoms with Crippen LogP contribution >= 0.6 is 23.2 Å². The quantitative estimate of drug-likeness (QED) is 0.765. The van der Waals surface area contributed by atoms with Gasteiger partial charge in [0.1, 0.15) is 5.75 Å². The van der Waals surface area contributed by atoms with Gasteiger partial charge in [0.25, 0.3) is 11.8 Å². The van der Waals surface area contributed by atoms with Gasteiger partial charge < -0.3 is 19.7 Å². The summed E-state index contributed by atoms with van der Waals surface area (Å²) >= 11 is 12.3. The number of anilines is 1. The van der Waals surface area contributed by atoms with Crippen LogP contribution in [-0.2, 0) is 9.53 Å². The highest BCUT2D eigenvalue weighted by Gasteiger charge is 2.20. The van der Waals surface area contributed by atoms with Crippen molar-refractivity contribution in [2.45, 2.75) is 13.8 Å². The van der Waals surface area contributed by atoms with E-state index < -0.39 is 0 Å². The van der Waals surface area contributed by atoms with Crippen molar-refractivity contribution in [1.29, 1.82) is 0 Å². The third-order valence-corrected chi connectivity index (χ3v) is 5.49. The second-order valence-electron chi connectivity index (χ2n) is 6.81. The minimum absolute atomic E-state index is 0.121. The minimum atomic E-state index is -0.381. The first-order valence-electron chi connectivity index (χ1n) is 9.21. The SMILES string of the molecule is Cc1cc(OCC(=O)Nc2cc(C(=O)N3CCOCC3)ccc2Cl)cc(C)c1Cl. The summed E-state index contributed by atoms with van der Waals surface area (Å²) < 4.78 is 10.8. The molecule has 0 spiro atoms. The van der Waals surface area contributed by atoms with E-state index in [1.807, 2.05) is 13.8 Å². The molecule has 2 aromatic rings. The number of aryl methyl sites for hydroxylation is 2. The van der Waals surface area contributed by atoms with Gasteiger partial charge in [-0.2, -0.15) is 0 Å². The number of hydrogen-bond acceptors (Lipinski definition) is 4. The lowest BCUT2D eigenvalue weighted by molar-refractivity contribution is -0.118. The van der Waals surface area contributed by atoms with Gasteiger partial charge in [0.15, 0.2) is 6.61 Å². The van der Waals surface area contributed by atoms with Crippen molar-refractivity contribution >= 4 is 40.7 Å². The molecule has 1 aliphatic heterocycles. The maximum Gasteiger partial charge on any atom is 0.262 e. The van der Waals surface area contributed by atoms with Crippen molar-refractivity contribution in [1.82, 2.24) is 4.90 Å². The van der Waals surface area contributed by atoms with Gasteiger partial charge in [0, 0.05) is 23.7 Å². The number of nitrogens with zero attached hydrogens (tertiary/aromatic N) is 1. The molecule has 0 radical (unpaired) electrons. The number of hydrogen-bond donors (Lipinski definition) is 1. The fourth-order valence-corrected chi connectivity index (χ4v) is 3.30. The number of rotatable bonds is 5. The molecule has 8 heteroatoms. The molecule has 1 N–H and O–H groups in total. The van der Waals surface area contributed by atoms with Crippen molar-refractivity contribution in [3.63, 3.8) is 0 Å². The first kappa shape index (κ1) is 21.4. The highest BCUT2D eigenvalue weighted by atomic mass is 35.5. The molecule has 1 heterocycles. The summed E-state index contributed by atoms with van der Waals surface area (Å²) in [5.74, 6) is 0.0545. The molecular weight excluding hydrogens is 415 g/mol. The average molecular weight is 437 g/mol. The zero-order valence-electron chi connectivity index (χ0n) is 16.3. The van der Waals surface area contributed by atoms with Crippen molar-refractivity contribution in [2.75, 3.05) is 38.2 Å². The molecule has 2 aromatic carbocycles. The normalized spacial score (nSPS) is 13.9. The molecule has 0 aliphatic carbocycles. The zero-order valence-corrected chi connectivity index (χ0v) is 17.8. The summed E-state index contributed by atoms with van der Waals surface area (Å²) in [5, 5.41) is 3.72. The molecule has 0 unspecified atom stereocenters. The Kier molecular flexibility index (Phi) is 7.00. The summed E-state index contributed by atoms with van der Waals surface area (Å²) in [7, 11) is 0. The van der Waals surface area contributed by atoms with E-state index in [4.69, 9.17) is 32.7 Å². The van der Waals surface area contributed by atoms with E-state index in [-0.39, 0.29) is 18.4 Å². The molecule has 0 saturated carbocycles. The van der Waals surface area contributed by atoms with Crippen LogP contribution in [0, 0.1) is 13.8 Å². The number of halogens is 2. The monoisotopic (exact) mass is 436 g/mol. The third-order valence-electron chi connectivity index (χ3n) is 4.57. The van der Waals surface area contributed by atoms with Crippen LogP contribution < -0.4 is 10.1 Å². The maximum absolute atomic E-state index is 12.6. The Labute approximate surface area is 179 Å². The highest BCUT2D eigenvalue weighted by molar-refractivity contribution is 6.34. The van der Waals surface area contributed by atoms with Crippen LogP contribution in [0.25, 0.3) is 0 Å². The number of morpholine rings is 1. The molecule has 0 bridgehead atoms. The summed E-state index contributed by atoms with van der Waals surface area (Å²) in [6.07, 6.45) is 0. The second-order valence-corrected chi connectivity index (χ2v) is 7.59. The van der Waals surface area contributed by atoms with E-state index in [0.29, 0.717) is 53.3 Å². The van der Waals surface area contributed by atoms with Crippen LogP contribution in [0.4, 0.5) is 5.69 Å². The van der Waals surface area contributed by atoms with Gasteiger partial charge in [0.05, 0.1) is 23.9 Å². The van der Waals surface area contributed by atoms with Crippen LogP contribution in [0.5, 0.6) is 5.75 Å². The number of benzene rings is 2. The van der Waals surface area contributed by atoms with Crippen LogP contribution in [0.15, 0.2) is 30.3 Å². The maximum atomic E-state index is 12.6. The molecule has 1 fully saturated rings. The lowest BCUT2D eigenvalue weighted by Crippen LogP contribution is -2.40. The predicted octanol–water partition coefficient (Wildman–Crippen LogP) is 4.10. The van der Waals surface area contributed by atoms with E-state index in [2.05, 4.69) is 5.32 Å². The third kappa shape index (κ3) is 5.41. The van der Waals surface area contributed by atoms with Crippen LogP contribution in [0.1, 0.15) is 21.5 Å². The minimum Gasteiger partial charge on any atom is -0.484 e. The smallest absolute Gasteiger partial charge is 0.262 e. The molecule has 1 saturated heterocycles. The second kappa shape index (κ2) is 9.48. The van der Waals surface area contributed by atoms with Crippen LogP contribution in [0.3, 0.4) is 0 Å². The summed E-state index contributed by atoms with van der Waals surface area (Å²) in [4.78, 5) is 26.7. The molecular formula is C21H22Cl2N2O4. The highest BCUT2D eigenvalue weighted by Crippen LogP contribution is 2.26. The standard InChI is InChI=1S/C21H22Cl2N2O4/c1-13-9-16(10-14(2)20(13)23)29-12-19(26)24-18-11-15(3-4-17(18)22)21(27)25-5-7-28-8-6-25/h3-4,9-11H,5-8,12H2,1-2H3,(H,24,26). The number of amides is 2. The Morgan fingerprint density at radius 2 is 1.76 bits per heavy atom. The van der Waals surface area contributed by atoms with E-state index in [0.717, 1.165) is 11.1 Å². The molecule has 3 rings (SSSR count). The topological polar surface area (TPSA) is 67.9 Å². The summed E-state index contributed by atoms with van der Waals surface area (Å²) in [5.41, 5.74) is 2.57. The number of carbonyl (C=O) groups excluding carboxylic acids is 2. The van der Waals surface area contributed by atoms with Crippen molar-refractivity contribution < 1.29 is 19.1 Å². The number of nitrogens with one attached hydrogen (secondary N) is 1. The molecule has 1 aliphatic rings. The molecule has 0 aromatic heterocycles. The molecule has 2 amide bonds. The van der Waals surface area contributed by atoms with E-state index in [1.54, 1.807) is 35.2 Å². The molecule has 154 valence electrons. The van der Waals surface area contributed by atoms with E-state index >= 15 is 0 Å². The van der Waals surface area contributed by atoms with Gasteiger partial charge in [-0.25, -0.2) is 0 Å². The lowest BCUT2D eigenvalue weighted by Gasteiger charge is -2.27. The van der Waals surface area contributed by atoms with Gasteiger partial charge in [0.2, 0.25) is 0 Å². The number of ether oxygens (including phenoxy) is 2. The summed E-state index contributed by atoms with van der Waals surface area (Å²) in [6, 6.07) is 8.37. The number of carbonyl (C=O) groups is 2. The Bertz CT molecular complexity index is 904. The first-order chi connectivity index (χ1) is 13.8. The lowest BCUT2D eigenvalue weighted by atomic mass is 10.1. The molecule has 0 atom stereocenters. The summed E-state index contributed by atoms with van der Waals surface area (Å²) in [6.45, 7) is 5.66. The van der Waals surface area contributed by atoms with Crippen LogP contribution in [-0.4, -0.2) is 49.6 Å². The van der Waals surface area contributed by atoms with Crippen molar-refractivity contribution in [3.05, 3.63) is 57.1 Å². The Hall–Kier alpha value is -2.28. The molecule has 6 nitrogen and oxygen atoms in total. The first-order valence-corrected chi connectivity index (χ1v) is 9.96. The van der Waals surface area contributed by atoms with E-state index in [9.17, 15) is 9.59 Å². The zero-order chi connectivity index (χ0) is 21.0. The van der Waals surface area contributed by atoms with Crippen LogP contribution in [0.2, 0.25) is 10.0 Å². The van der Waals surface area contributed by atoms with Gasteiger partial charge in [-0.1, -0.05) is 23.2 Å². The Balaban J connectivity index is 1.64. The van der Waals surface area contributed by atoms with E-state index in [1.165, 1.54) is 0 Å². The predicted molar refractivity (Wildman–Crippen MR) is 113 cm³/mol. The van der Waals surface area contributed by atoms with Crippen molar-refractivity contribution in [3.8, 4) is 5.75 Å².